The van der Waals surface area contributed by atoms with Crippen molar-refractivity contribution in [1.29, 1.82) is 0 Å². The summed E-state index contributed by atoms with van der Waals surface area (Å²) in [5.74, 6) is -4.17. The van der Waals surface area contributed by atoms with Gasteiger partial charge in [-0.3, -0.25) is 19.2 Å². The van der Waals surface area contributed by atoms with Gasteiger partial charge in [0.25, 0.3) is 0 Å². The van der Waals surface area contributed by atoms with Crippen LogP contribution in [-0.2, 0) is 24.0 Å². The molecule has 0 fully saturated rings. The van der Waals surface area contributed by atoms with Gasteiger partial charge in [-0.2, -0.15) is 0 Å². The van der Waals surface area contributed by atoms with Gasteiger partial charge >= 0.3 is 11.9 Å². The van der Waals surface area contributed by atoms with Crippen LogP contribution < -0.4 is 27.4 Å². The Morgan fingerprint density at radius 2 is 1.25 bits per heavy atom. The number of nitrogens with one attached hydrogen (secondary N) is 3. The van der Waals surface area contributed by atoms with E-state index in [9.17, 15) is 29.1 Å². The summed E-state index contributed by atoms with van der Waals surface area (Å²) in [7, 11) is 0. The molecule has 0 aliphatic carbocycles. The van der Waals surface area contributed by atoms with Crippen molar-refractivity contribution in [2.45, 2.75) is 82.8 Å². The summed E-state index contributed by atoms with van der Waals surface area (Å²) in [4.78, 5) is 59.5. The van der Waals surface area contributed by atoms with Crippen molar-refractivity contribution in [1.82, 2.24) is 16.0 Å². The van der Waals surface area contributed by atoms with Gasteiger partial charge in [-0.1, -0.05) is 13.3 Å². The molecule has 12 nitrogen and oxygen atoms in total. The van der Waals surface area contributed by atoms with Gasteiger partial charge in [0.15, 0.2) is 0 Å². The van der Waals surface area contributed by atoms with Crippen LogP contribution in [0.1, 0.15) is 64.7 Å². The van der Waals surface area contributed by atoms with Crippen LogP contribution in [-0.4, -0.2) is 71.1 Å². The third kappa shape index (κ3) is 12.8. The van der Waals surface area contributed by atoms with Gasteiger partial charge in [-0.05, 0) is 51.6 Å². The maximum absolute atomic E-state index is 12.7. The van der Waals surface area contributed by atoms with E-state index in [4.69, 9.17) is 16.6 Å². The predicted octanol–water partition coefficient (Wildman–Crippen LogP) is -0.942. The van der Waals surface area contributed by atoms with E-state index in [0.717, 1.165) is 0 Å². The van der Waals surface area contributed by atoms with Gasteiger partial charge in [0.2, 0.25) is 17.7 Å². The topological polar surface area (TPSA) is 214 Å². The van der Waals surface area contributed by atoms with Gasteiger partial charge < -0.3 is 37.6 Å². The van der Waals surface area contributed by atoms with Crippen LogP contribution in [0.5, 0.6) is 0 Å². The minimum Gasteiger partial charge on any atom is -0.481 e. The highest BCUT2D eigenvalue weighted by atomic mass is 16.4. The number of unbranched alkanes of at least 4 members (excludes halogenated alkanes) is 1. The molecule has 0 aromatic carbocycles. The highest BCUT2D eigenvalue weighted by molar-refractivity contribution is 5.93. The number of rotatable bonds is 18. The normalized spacial score (nSPS) is 13.5. The molecule has 0 rings (SSSR count). The second kappa shape index (κ2) is 16.9. The number of carbonyl (C=O) groups excluding carboxylic acids is 3. The molecule has 0 aliphatic heterocycles. The smallest absolute Gasteiger partial charge is 0.326 e. The van der Waals surface area contributed by atoms with Crippen LogP contribution in [0, 0.1) is 0 Å². The summed E-state index contributed by atoms with van der Waals surface area (Å²) in [5.41, 5.74) is 10.9. The number of carboxylic acids is 2. The Morgan fingerprint density at radius 3 is 1.75 bits per heavy atom. The van der Waals surface area contributed by atoms with Gasteiger partial charge in [0, 0.05) is 6.42 Å². The second-order valence-electron chi connectivity index (χ2n) is 7.48. The van der Waals surface area contributed by atoms with E-state index >= 15 is 0 Å². The largest absolute Gasteiger partial charge is 0.481 e. The lowest BCUT2D eigenvalue weighted by Gasteiger charge is -2.24. The van der Waals surface area contributed by atoms with E-state index in [1.54, 1.807) is 0 Å². The SMILES string of the molecule is CCC[C@H](NC(=O)[C@H](CCCN)NC(=O)CCC(=O)O)C(=O)N[C@@H](CCCCN)C(=O)O. The lowest BCUT2D eigenvalue weighted by molar-refractivity contribution is -0.142. The monoisotopic (exact) mass is 459 g/mol. The quantitative estimate of drug-likeness (QED) is 0.126. The van der Waals surface area contributed by atoms with Crippen LogP contribution in [0.15, 0.2) is 0 Å². The fraction of sp³-hybridized carbons (Fsp3) is 0.750. The van der Waals surface area contributed by atoms with Crippen LogP contribution in [0.2, 0.25) is 0 Å². The minimum atomic E-state index is -1.18. The van der Waals surface area contributed by atoms with Crippen molar-refractivity contribution in [3.05, 3.63) is 0 Å². The van der Waals surface area contributed by atoms with E-state index in [-0.39, 0.29) is 38.6 Å². The molecule has 0 radical (unpaired) electrons. The summed E-state index contributed by atoms with van der Waals surface area (Å²) in [6, 6.07) is -3.08. The van der Waals surface area contributed by atoms with E-state index in [1.165, 1.54) is 0 Å². The zero-order chi connectivity index (χ0) is 24.5. The Balaban J connectivity index is 5.16. The summed E-state index contributed by atoms with van der Waals surface area (Å²) in [6.45, 7) is 2.50. The van der Waals surface area contributed by atoms with Crippen molar-refractivity contribution in [3.63, 3.8) is 0 Å². The molecule has 0 bridgehead atoms. The molecule has 0 aliphatic rings. The van der Waals surface area contributed by atoms with Gasteiger partial charge in [-0.15, -0.1) is 0 Å². The van der Waals surface area contributed by atoms with Crippen LogP contribution in [0.4, 0.5) is 0 Å². The number of carbonyl (C=O) groups is 5. The number of nitrogens with two attached hydrogens (primary N) is 2. The maximum atomic E-state index is 12.7. The van der Waals surface area contributed by atoms with Crippen molar-refractivity contribution in [2.75, 3.05) is 13.1 Å². The standard InChI is InChI=1S/C20H37N5O7/c1-2-6-13(18(29)25-15(20(31)32)7-3-4-11-21)24-19(30)14(8-5-12-22)23-16(26)9-10-17(27)28/h13-15H,2-12,21-22H2,1H3,(H,23,26)(H,24,30)(H,25,29)(H,27,28)(H,31,32)/t13-,14-,15-/m0/s1. The first-order valence-electron chi connectivity index (χ1n) is 10.9. The Labute approximate surface area is 187 Å². The first kappa shape index (κ1) is 29.3. The Bertz CT molecular complexity index is 629. The zero-order valence-corrected chi connectivity index (χ0v) is 18.6. The molecular weight excluding hydrogens is 422 g/mol. The first-order chi connectivity index (χ1) is 15.2. The second-order valence-corrected chi connectivity index (χ2v) is 7.48. The van der Waals surface area contributed by atoms with Crippen molar-refractivity contribution in [3.8, 4) is 0 Å². The minimum absolute atomic E-state index is 0.207. The molecule has 32 heavy (non-hydrogen) atoms. The Morgan fingerprint density at radius 1 is 0.719 bits per heavy atom. The van der Waals surface area contributed by atoms with Crippen LogP contribution in [0.25, 0.3) is 0 Å². The lowest BCUT2D eigenvalue weighted by atomic mass is 10.1. The van der Waals surface area contributed by atoms with Gasteiger partial charge in [0.1, 0.15) is 18.1 Å². The molecule has 3 amide bonds. The Kier molecular flexibility index (Phi) is 15.5. The molecule has 0 spiro atoms. The number of carboxylic acid groups (broad SMARTS) is 2. The molecule has 12 heteroatoms. The average Bonchev–Trinajstić information content (AvgIpc) is 2.73. The number of hydrogen-bond donors (Lipinski definition) is 7. The lowest BCUT2D eigenvalue weighted by Crippen LogP contribution is -2.55. The molecule has 9 N–H and O–H groups in total. The van der Waals surface area contributed by atoms with Gasteiger partial charge in [0.05, 0.1) is 6.42 Å². The molecule has 0 saturated heterocycles. The molecule has 184 valence electrons. The molecule has 0 heterocycles. The summed E-state index contributed by atoms with van der Waals surface area (Å²) in [6.07, 6.45) is 2.14. The maximum Gasteiger partial charge on any atom is 0.326 e. The molecule has 3 atom stereocenters. The van der Waals surface area contributed by atoms with E-state index < -0.39 is 47.8 Å². The third-order valence-electron chi connectivity index (χ3n) is 4.69. The molecular formula is C20H37N5O7. The fourth-order valence-electron chi connectivity index (χ4n) is 2.93. The number of amides is 3. The summed E-state index contributed by atoms with van der Waals surface area (Å²) >= 11 is 0. The van der Waals surface area contributed by atoms with Crippen molar-refractivity contribution in [2.24, 2.45) is 11.5 Å². The highest BCUT2D eigenvalue weighted by Gasteiger charge is 2.28. The van der Waals surface area contributed by atoms with Crippen LogP contribution in [0.3, 0.4) is 0 Å². The Hall–Kier alpha value is -2.73. The molecule has 0 aromatic heterocycles. The highest BCUT2D eigenvalue weighted by Crippen LogP contribution is 2.06. The predicted molar refractivity (Wildman–Crippen MR) is 116 cm³/mol. The third-order valence-corrected chi connectivity index (χ3v) is 4.69. The fourth-order valence-corrected chi connectivity index (χ4v) is 2.93. The molecule has 0 saturated carbocycles. The van der Waals surface area contributed by atoms with E-state index in [2.05, 4.69) is 16.0 Å². The summed E-state index contributed by atoms with van der Waals surface area (Å²) in [5, 5.41) is 25.6. The number of hydrogen-bond acceptors (Lipinski definition) is 7. The van der Waals surface area contributed by atoms with Crippen LogP contribution >= 0.6 is 0 Å². The van der Waals surface area contributed by atoms with Gasteiger partial charge in [-0.25, -0.2) is 4.79 Å². The molecule has 0 unspecified atom stereocenters. The average molecular weight is 460 g/mol. The van der Waals surface area contributed by atoms with E-state index in [1.807, 2.05) is 6.92 Å². The van der Waals surface area contributed by atoms with Crippen molar-refractivity contribution >= 4 is 29.7 Å². The van der Waals surface area contributed by atoms with Crippen molar-refractivity contribution < 1.29 is 34.2 Å². The zero-order valence-electron chi connectivity index (χ0n) is 18.6. The first-order valence-corrected chi connectivity index (χ1v) is 10.9. The van der Waals surface area contributed by atoms with E-state index in [0.29, 0.717) is 32.2 Å². The molecule has 0 aromatic rings. The summed E-state index contributed by atoms with van der Waals surface area (Å²) < 4.78 is 0. The number of aliphatic carboxylic acids is 2.